The molecule has 0 fully saturated rings. The third-order valence-corrected chi connectivity index (χ3v) is 4.72. The Hall–Kier alpha value is -2.06. The van der Waals surface area contributed by atoms with Gasteiger partial charge in [0.05, 0.1) is 19.9 Å². The van der Waals surface area contributed by atoms with Gasteiger partial charge < -0.3 is 14.0 Å². The smallest absolute Gasteiger partial charge is 0.244 e. The van der Waals surface area contributed by atoms with E-state index in [4.69, 9.17) is 14.0 Å². The van der Waals surface area contributed by atoms with Gasteiger partial charge in [-0.05, 0) is 26.0 Å². The van der Waals surface area contributed by atoms with Crippen LogP contribution >= 0.6 is 0 Å². The van der Waals surface area contributed by atoms with Crippen molar-refractivity contribution in [3.8, 4) is 11.5 Å². The maximum Gasteiger partial charge on any atom is 0.244 e. The molecule has 0 aliphatic carbocycles. The first-order valence-electron chi connectivity index (χ1n) is 6.52. The molecule has 1 aromatic carbocycles. The van der Waals surface area contributed by atoms with Crippen LogP contribution in [0.15, 0.2) is 27.6 Å². The molecule has 7 nitrogen and oxygen atoms in total. The Bertz CT molecular complexity index is 748. The number of nitrogens with one attached hydrogen (secondary N) is 1. The predicted octanol–water partition coefficient (Wildman–Crippen LogP) is 1.79. The summed E-state index contributed by atoms with van der Waals surface area (Å²) in [5, 5.41) is 3.79. The van der Waals surface area contributed by atoms with Gasteiger partial charge in [0.1, 0.15) is 22.2 Å². The van der Waals surface area contributed by atoms with Gasteiger partial charge >= 0.3 is 0 Å². The normalized spacial score (nSPS) is 11.5. The molecular weight excluding hydrogens is 308 g/mol. The Morgan fingerprint density at radius 1 is 1.23 bits per heavy atom. The number of rotatable bonds is 6. The monoisotopic (exact) mass is 326 g/mol. The molecule has 1 aromatic heterocycles. The van der Waals surface area contributed by atoms with Crippen LogP contribution in [-0.4, -0.2) is 27.8 Å². The number of hydrogen-bond donors (Lipinski definition) is 1. The summed E-state index contributed by atoms with van der Waals surface area (Å²) < 4.78 is 42.6. The molecule has 8 heteroatoms. The van der Waals surface area contributed by atoms with Crippen LogP contribution in [0.25, 0.3) is 0 Å². The molecule has 0 saturated heterocycles. The Kier molecular flexibility index (Phi) is 4.72. The lowest BCUT2D eigenvalue weighted by atomic mass is 10.2. The van der Waals surface area contributed by atoms with Crippen LogP contribution in [0, 0.1) is 13.8 Å². The summed E-state index contributed by atoms with van der Waals surface area (Å²) >= 11 is 0. The zero-order chi connectivity index (χ0) is 16.3. The van der Waals surface area contributed by atoms with Gasteiger partial charge in [0.25, 0.3) is 0 Å². The quantitative estimate of drug-likeness (QED) is 0.870. The minimum atomic E-state index is -3.74. The van der Waals surface area contributed by atoms with E-state index in [1.807, 2.05) is 0 Å². The average molecular weight is 326 g/mol. The SMILES string of the molecule is COc1ccc(S(=O)(=O)NCc2c(C)noc2C)c(OC)c1. The number of ether oxygens (including phenoxy) is 2. The summed E-state index contributed by atoms with van der Waals surface area (Å²) in [5.41, 5.74) is 1.37. The van der Waals surface area contributed by atoms with Crippen molar-refractivity contribution in [2.24, 2.45) is 0 Å². The largest absolute Gasteiger partial charge is 0.497 e. The van der Waals surface area contributed by atoms with E-state index in [1.165, 1.54) is 26.4 Å². The average Bonchev–Trinajstić information content (AvgIpc) is 2.83. The van der Waals surface area contributed by atoms with Crippen molar-refractivity contribution in [1.29, 1.82) is 0 Å². The zero-order valence-electron chi connectivity index (χ0n) is 12.8. The van der Waals surface area contributed by atoms with Crippen LogP contribution in [0.5, 0.6) is 11.5 Å². The van der Waals surface area contributed by atoms with Crippen LogP contribution < -0.4 is 14.2 Å². The molecule has 0 unspecified atom stereocenters. The molecule has 1 N–H and O–H groups in total. The standard InChI is InChI=1S/C14H18N2O5S/c1-9-12(10(2)21-16-9)8-15-22(17,18)14-6-5-11(19-3)7-13(14)20-4/h5-7,15H,8H2,1-4H3. The summed E-state index contributed by atoms with van der Waals surface area (Å²) in [6.07, 6.45) is 0. The van der Waals surface area contributed by atoms with Gasteiger partial charge in [0.15, 0.2) is 0 Å². The lowest BCUT2D eigenvalue weighted by molar-refractivity contribution is 0.386. The summed E-state index contributed by atoms with van der Waals surface area (Å²) in [7, 11) is -0.834. The first kappa shape index (κ1) is 16.3. The van der Waals surface area contributed by atoms with Crippen molar-refractivity contribution in [3.63, 3.8) is 0 Å². The molecule has 0 spiro atoms. The topological polar surface area (TPSA) is 90.7 Å². The van der Waals surface area contributed by atoms with Gasteiger partial charge in [-0.3, -0.25) is 0 Å². The first-order valence-corrected chi connectivity index (χ1v) is 8.00. The van der Waals surface area contributed by atoms with E-state index >= 15 is 0 Å². The van der Waals surface area contributed by atoms with Gasteiger partial charge in [0.2, 0.25) is 10.0 Å². The summed E-state index contributed by atoms with van der Waals surface area (Å²) in [4.78, 5) is 0.0440. The van der Waals surface area contributed by atoms with E-state index in [2.05, 4.69) is 9.88 Å². The van der Waals surface area contributed by atoms with Crippen LogP contribution in [0.1, 0.15) is 17.0 Å². The fourth-order valence-electron chi connectivity index (χ4n) is 2.00. The lowest BCUT2D eigenvalue weighted by Crippen LogP contribution is -2.24. The number of hydrogen-bond acceptors (Lipinski definition) is 6. The second kappa shape index (κ2) is 6.37. The number of aromatic nitrogens is 1. The Balaban J connectivity index is 2.27. The van der Waals surface area contributed by atoms with Crippen LogP contribution in [0.4, 0.5) is 0 Å². The second-order valence-corrected chi connectivity index (χ2v) is 6.38. The molecule has 120 valence electrons. The zero-order valence-corrected chi connectivity index (χ0v) is 13.7. The summed E-state index contributed by atoms with van der Waals surface area (Å²) in [6, 6.07) is 4.52. The second-order valence-electron chi connectivity index (χ2n) is 4.64. The maximum atomic E-state index is 12.4. The molecular formula is C14H18N2O5S. The fraction of sp³-hybridized carbons (Fsp3) is 0.357. The third-order valence-electron chi connectivity index (χ3n) is 3.28. The molecule has 1 heterocycles. The van der Waals surface area contributed by atoms with Crippen molar-refractivity contribution in [2.45, 2.75) is 25.3 Å². The predicted molar refractivity (Wildman–Crippen MR) is 79.5 cm³/mol. The number of methoxy groups -OCH3 is 2. The van der Waals surface area contributed by atoms with E-state index in [1.54, 1.807) is 19.9 Å². The number of benzene rings is 1. The highest BCUT2D eigenvalue weighted by molar-refractivity contribution is 7.89. The van der Waals surface area contributed by atoms with E-state index in [0.29, 0.717) is 17.2 Å². The minimum Gasteiger partial charge on any atom is -0.497 e. The molecule has 22 heavy (non-hydrogen) atoms. The van der Waals surface area contributed by atoms with Crippen molar-refractivity contribution in [3.05, 3.63) is 35.2 Å². The Morgan fingerprint density at radius 2 is 1.95 bits per heavy atom. The van der Waals surface area contributed by atoms with Gasteiger partial charge in [-0.25, -0.2) is 13.1 Å². The van der Waals surface area contributed by atoms with Crippen molar-refractivity contribution in [1.82, 2.24) is 9.88 Å². The molecule has 2 rings (SSSR count). The first-order chi connectivity index (χ1) is 10.4. The van der Waals surface area contributed by atoms with Gasteiger partial charge in [-0.15, -0.1) is 0 Å². The van der Waals surface area contributed by atoms with Crippen molar-refractivity contribution in [2.75, 3.05) is 14.2 Å². The molecule has 0 atom stereocenters. The van der Waals surface area contributed by atoms with Crippen LogP contribution in [0.2, 0.25) is 0 Å². The van der Waals surface area contributed by atoms with Crippen molar-refractivity contribution >= 4 is 10.0 Å². The molecule has 0 aliphatic rings. The third kappa shape index (κ3) is 3.23. The Labute approximate surface area is 129 Å². The molecule has 0 aliphatic heterocycles. The van der Waals surface area contributed by atoms with Gasteiger partial charge in [0, 0.05) is 18.2 Å². The number of sulfonamides is 1. The highest BCUT2D eigenvalue weighted by Crippen LogP contribution is 2.28. The van der Waals surface area contributed by atoms with E-state index in [9.17, 15) is 8.42 Å². The van der Waals surface area contributed by atoms with Gasteiger partial charge in [-0.2, -0.15) is 0 Å². The van der Waals surface area contributed by atoms with Crippen LogP contribution in [0.3, 0.4) is 0 Å². The van der Waals surface area contributed by atoms with E-state index in [-0.39, 0.29) is 17.2 Å². The minimum absolute atomic E-state index is 0.0440. The summed E-state index contributed by atoms with van der Waals surface area (Å²) in [6.45, 7) is 3.59. The van der Waals surface area contributed by atoms with Gasteiger partial charge in [-0.1, -0.05) is 5.16 Å². The molecule has 0 radical (unpaired) electrons. The van der Waals surface area contributed by atoms with Crippen molar-refractivity contribution < 1.29 is 22.4 Å². The molecule has 2 aromatic rings. The molecule has 0 bridgehead atoms. The lowest BCUT2D eigenvalue weighted by Gasteiger charge is -2.12. The Morgan fingerprint density at radius 3 is 2.50 bits per heavy atom. The van der Waals surface area contributed by atoms with E-state index < -0.39 is 10.0 Å². The highest BCUT2D eigenvalue weighted by Gasteiger charge is 2.21. The molecule has 0 saturated carbocycles. The molecule has 0 amide bonds. The number of nitrogens with zero attached hydrogens (tertiary/aromatic N) is 1. The summed E-state index contributed by atoms with van der Waals surface area (Å²) in [5.74, 6) is 1.31. The number of aryl methyl sites for hydroxylation is 2. The maximum absolute atomic E-state index is 12.4. The van der Waals surface area contributed by atoms with Crippen LogP contribution in [-0.2, 0) is 16.6 Å². The highest BCUT2D eigenvalue weighted by atomic mass is 32.2. The fourth-order valence-corrected chi connectivity index (χ4v) is 3.14. The van der Waals surface area contributed by atoms with E-state index in [0.717, 1.165) is 5.56 Å².